The molecule has 0 saturated heterocycles. The molecular formula is C10H13O2PS2Sn. The molecule has 0 aliphatic heterocycles. The summed E-state index contributed by atoms with van der Waals surface area (Å²) in [5.74, 6) is -2.73. The van der Waals surface area contributed by atoms with Crippen LogP contribution < -0.4 is 4.52 Å². The van der Waals surface area contributed by atoms with Crippen LogP contribution in [-0.2, 0) is 4.57 Å². The number of rotatable bonds is 4. The molecule has 0 N–H and O–H groups in total. The van der Waals surface area contributed by atoms with Gasteiger partial charge in [-0.25, -0.2) is 0 Å². The van der Waals surface area contributed by atoms with Gasteiger partial charge in [0.15, 0.2) is 0 Å². The van der Waals surface area contributed by atoms with Gasteiger partial charge in [-0.15, -0.1) is 0 Å². The van der Waals surface area contributed by atoms with Gasteiger partial charge in [0.05, 0.1) is 0 Å². The van der Waals surface area contributed by atoms with Gasteiger partial charge in [-0.3, -0.25) is 4.57 Å². The Balaban J connectivity index is 0.00000225. The number of hydrogen-bond donors (Lipinski definition) is 2. The Bertz CT molecular complexity index is 416. The first kappa shape index (κ1) is 16.2. The SMILES string of the molecule is C=Cc1cccc(C=C)c1OP(=O)(S)S.[SnH2]. The molecule has 0 heterocycles. The molecule has 2 nitrogen and oxygen atoms in total. The van der Waals surface area contributed by atoms with Crippen molar-refractivity contribution in [3.05, 3.63) is 42.5 Å². The average Bonchev–Trinajstić information content (AvgIpc) is 2.16. The molecule has 0 unspecified atom stereocenters. The van der Waals surface area contributed by atoms with Crippen molar-refractivity contribution in [3.63, 3.8) is 0 Å². The number of para-hydroxylation sites is 1. The van der Waals surface area contributed by atoms with Crippen molar-refractivity contribution in [2.24, 2.45) is 0 Å². The van der Waals surface area contributed by atoms with E-state index in [0.29, 0.717) is 5.75 Å². The monoisotopic (exact) mass is 380 g/mol. The summed E-state index contributed by atoms with van der Waals surface area (Å²) in [7, 11) is 0. The molecule has 86 valence electrons. The van der Waals surface area contributed by atoms with E-state index in [1.807, 2.05) is 6.07 Å². The van der Waals surface area contributed by atoms with Crippen molar-refractivity contribution < 1.29 is 9.09 Å². The molecule has 1 aromatic carbocycles. The molecule has 0 amide bonds. The minimum absolute atomic E-state index is 0. The first-order chi connectivity index (χ1) is 6.98. The van der Waals surface area contributed by atoms with E-state index in [-0.39, 0.29) is 23.9 Å². The maximum absolute atomic E-state index is 11.4. The molecule has 0 aliphatic rings. The van der Waals surface area contributed by atoms with E-state index >= 15 is 0 Å². The molecule has 1 rings (SSSR count). The van der Waals surface area contributed by atoms with Crippen LogP contribution in [0.15, 0.2) is 31.4 Å². The fourth-order valence-corrected chi connectivity index (χ4v) is 2.06. The Labute approximate surface area is 123 Å². The molecule has 0 atom stereocenters. The van der Waals surface area contributed by atoms with Crippen LogP contribution in [0.3, 0.4) is 0 Å². The molecule has 6 heteroatoms. The van der Waals surface area contributed by atoms with Gasteiger partial charge in [0, 0.05) is 11.1 Å². The summed E-state index contributed by atoms with van der Waals surface area (Å²) < 4.78 is 16.5. The van der Waals surface area contributed by atoms with Crippen molar-refractivity contribution in [1.29, 1.82) is 0 Å². The average molecular weight is 379 g/mol. The number of benzene rings is 1. The molecule has 0 aliphatic carbocycles. The van der Waals surface area contributed by atoms with E-state index in [0.717, 1.165) is 11.1 Å². The Morgan fingerprint density at radius 2 is 1.62 bits per heavy atom. The second-order valence-corrected chi connectivity index (χ2v) is 8.03. The molecule has 0 aromatic heterocycles. The van der Waals surface area contributed by atoms with Gasteiger partial charge in [0.1, 0.15) is 5.75 Å². The molecular weight excluding hydrogens is 366 g/mol. The van der Waals surface area contributed by atoms with Crippen LogP contribution in [0.5, 0.6) is 5.75 Å². The third-order valence-corrected chi connectivity index (χ3v) is 2.64. The van der Waals surface area contributed by atoms with Crippen LogP contribution in [0.25, 0.3) is 12.2 Å². The zero-order valence-electron chi connectivity index (χ0n) is 8.67. The van der Waals surface area contributed by atoms with Crippen LogP contribution in [0.1, 0.15) is 11.1 Å². The van der Waals surface area contributed by atoms with Crippen LogP contribution in [0.2, 0.25) is 0 Å². The normalized spacial score (nSPS) is 10.1. The van der Waals surface area contributed by atoms with E-state index in [4.69, 9.17) is 4.52 Å². The predicted molar refractivity (Wildman–Crippen MR) is 81.4 cm³/mol. The van der Waals surface area contributed by atoms with Gasteiger partial charge >= 0.3 is 29.7 Å². The second kappa shape index (κ2) is 6.84. The molecule has 16 heavy (non-hydrogen) atoms. The Kier molecular flexibility index (Phi) is 6.94. The van der Waals surface area contributed by atoms with Crippen LogP contribution >= 0.6 is 30.3 Å². The third-order valence-electron chi connectivity index (χ3n) is 1.73. The van der Waals surface area contributed by atoms with Gasteiger partial charge in [-0.05, 0) is 0 Å². The van der Waals surface area contributed by atoms with Gasteiger partial charge in [-0.1, -0.05) is 68.0 Å². The topological polar surface area (TPSA) is 26.3 Å². The molecule has 1 aromatic rings. The van der Waals surface area contributed by atoms with Crippen molar-refractivity contribution in [2.75, 3.05) is 0 Å². The summed E-state index contributed by atoms with van der Waals surface area (Å²) in [5.41, 5.74) is 1.46. The standard InChI is InChI=1S/C10H11O2PS2.Sn.2H/c1-3-8-6-5-7-9(4-2)10(8)12-13(11,14)15;;;/h3-7H,1-2H2,(H2,11,14,15);;;. The van der Waals surface area contributed by atoms with E-state index in [9.17, 15) is 4.57 Å². The minimum atomic E-state index is -3.17. The Hall–Kier alpha value is 0.229. The summed E-state index contributed by atoms with van der Waals surface area (Å²) in [6.07, 6.45) is 3.22. The fourth-order valence-electron chi connectivity index (χ4n) is 1.12. The molecule has 0 spiro atoms. The van der Waals surface area contributed by atoms with E-state index in [1.54, 1.807) is 24.3 Å². The maximum atomic E-state index is 11.4. The Morgan fingerprint density at radius 1 is 1.19 bits per heavy atom. The van der Waals surface area contributed by atoms with Crippen LogP contribution in [0, 0.1) is 0 Å². The first-order valence-corrected chi connectivity index (χ1v) is 8.04. The Morgan fingerprint density at radius 3 is 1.94 bits per heavy atom. The van der Waals surface area contributed by atoms with Gasteiger partial charge < -0.3 is 4.52 Å². The molecule has 2 radical (unpaired) electrons. The van der Waals surface area contributed by atoms with Gasteiger partial charge in [0.25, 0.3) is 0 Å². The van der Waals surface area contributed by atoms with Crippen molar-refractivity contribution in [3.8, 4) is 5.75 Å². The third kappa shape index (κ3) is 4.61. The number of hydrogen-bond acceptors (Lipinski definition) is 2. The van der Waals surface area contributed by atoms with Crippen molar-refractivity contribution in [1.82, 2.24) is 0 Å². The number of thiol groups is 2. The summed E-state index contributed by atoms with van der Waals surface area (Å²) >= 11 is 7.53. The zero-order valence-corrected chi connectivity index (χ0v) is 15.4. The van der Waals surface area contributed by atoms with E-state index in [1.165, 1.54) is 0 Å². The van der Waals surface area contributed by atoms with E-state index in [2.05, 4.69) is 37.7 Å². The van der Waals surface area contributed by atoms with Gasteiger partial charge in [-0.2, -0.15) is 0 Å². The fraction of sp³-hybridized carbons (Fsp3) is 0. The quantitative estimate of drug-likeness (QED) is 0.477. The molecule has 0 fully saturated rings. The zero-order chi connectivity index (χ0) is 11.5. The van der Waals surface area contributed by atoms with Gasteiger partial charge in [0.2, 0.25) is 0 Å². The predicted octanol–water partition coefficient (Wildman–Crippen LogP) is 3.40. The summed E-state index contributed by atoms with van der Waals surface area (Å²) in [6.45, 7) is 7.29. The van der Waals surface area contributed by atoms with E-state index < -0.39 is 5.77 Å². The molecule has 0 saturated carbocycles. The summed E-state index contributed by atoms with van der Waals surface area (Å²) in [6, 6.07) is 5.43. The van der Waals surface area contributed by atoms with Crippen LogP contribution in [-0.4, -0.2) is 23.9 Å². The summed E-state index contributed by atoms with van der Waals surface area (Å²) in [5, 5.41) is 0. The molecule has 0 bridgehead atoms. The van der Waals surface area contributed by atoms with Crippen molar-refractivity contribution in [2.45, 2.75) is 0 Å². The van der Waals surface area contributed by atoms with Crippen molar-refractivity contribution >= 4 is 66.3 Å². The first-order valence-electron chi connectivity index (χ1n) is 4.11. The van der Waals surface area contributed by atoms with Crippen LogP contribution in [0.4, 0.5) is 0 Å². The summed E-state index contributed by atoms with van der Waals surface area (Å²) in [4.78, 5) is 0. The second-order valence-electron chi connectivity index (χ2n) is 2.76.